The summed E-state index contributed by atoms with van der Waals surface area (Å²) in [5.74, 6) is 0. The van der Waals surface area contributed by atoms with Gasteiger partial charge >= 0.3 is 0 Å². The second-order valence-electron chi connectivity index (χ2n) is 7.16. The molecule has 2 nitrogen and oxygen atoms in total. The molecule has 0 spiro atoms. The average molecular weight is 374 g/mol. The lowest BCUT2D eigenvalue weighted by Crippen LogP contribution is -2.03. The molecule has 0 saturated carbocycles. The molecule has 2 heteroatoms. The van der Waals surface area contributed by atoms with Crippen molar-refractivity contribution in [3.05, 3.63) is 115 Å². The number of fused-ring (bicyclic) bond motifs is 2. The van der Waals surface area contributed by atoms with Crippen molar-refractivity contribution in [1.82, 2.24) is 0 Å². The summed E-state index contributed by atoms with van der Waals surface area (Å²) in [5, 5.41) is 12.3. The molecular weight excluding hydrogens is 352 g/mol. The SMILES string of the molecule is c1ccc(NCc2c3ccccc3c(Nc3ccccc3)c3ccccc23)cc1. The summed E-state index contributed by atoms with van der Waals surface area (Å²) in [6, 6.07) is 38.1. The lowest BCUT2D eigenvalue weighted by atomic mass is 9.94. The van der Waals surface area contributed by atoms with Crippen molar-refractivity contribution in [3.63, 3.8) is 0 Å². The highest BCUT2D eigenvalue weighted by atomic mass is 14.9. The van der Waals surface area contributed by atoms with E-state index in [1.807, 2.05) is 12.1 Å². The third-order valence-electron chi connectivity index (χ3n) is 5.33. The second-order valence-corrected chi connectivity index (χ2v) is 7.16. The maximum absolute atomic E-state index is 3.67. The molecule has 0 aliphatic heterocycles. The van der Waals surface area contributed by atoms with Crippen LogP contribution in [-0.2, 0) is 6.54 Å². The Morgan fingerprint density at radius 1 is 0.448 bits per heavy atom. The quantitative estimate of drug-likeness (QED) is 0.314. The molecule has 5 aromatic carbocycles. The minimum Gasteiger partial charge on any atom is -0.381 e. The third-order valence-corrected chi connectivity index (χ3v) is 5.33. The van der Waals surface area contributed by atoms with E-state index in [9.17, 15) is 0 Å². The van der Waals surface area contributed by atoms with Crippen molar-refractivity contribution in [3.8, 4) is 0 Å². The van der Waals surface area contributed by atoms with Crippen LogP contribution in [-0.4, -0.2) is 0 Å². The van der Waals surface area contributed by atoms with Gasteiger partial charge in [-0.2, -0.15) is 0 Å². The van der Waals surface area contributed by atoms with Gasteiger partial charge in [-0.15, -0.1) is 0 Å². The zero-order valence-corrected chi connectivity index (χ0v) is 16.1. The van der Waals surface area contributed by atoms with Crippen molar-refractivity contribution in [2.45, 2.75) is 6.54 Å². The normalized spacial score (nSPS) is 10.9. The van der Waals surface area contributed by atoms with Crippen LogP contribution in [0.3, 0.4) is 0 Å². The number of rotatable bonds is 5. The highest BCUT2D eigenvalue weighted by Crippen LogP contribution is 2.38. The number of hydrogen-bond acceptors (Lipinski definition) is 2. The van der Waals surface area contributed by atoms with E-state index in [0.29, 0.717) is 0 Å². The zero-order chi connectivity index (χ0) is 19.5. The molecule has 0 aliphatic rings. The van der Waals surface area contributed by atoms with Crippen LogP contribution in [0, 0.1) is 0 Å². The molecule has 5 rings (SSSR count). The molecular formula is C27H22N2. The predicted molar refractivity (Wildman–Crippen MR) is 125 cm³/mol. The summed E-state index contributed by atoms with van der Waals surface area (Å²) in [5.41, 5.74) is 4.70. The smallest absolute Gasteiger partial charge is 0.0543 e. The Morgan fingerprint density at radius 3 is 1.45 bits per heavy atom. The Labute approximate surface area is 170 Å². The van der Waals surface area contributed by atoms with Crippen LogP contribution < -0.4 is 10.6 Å². The zero-order valence-electron chi connectivity index (χ0n) is 16.1. The number of para-hydroxylation sites is 2. The molecule has 0 heterocycles. The van der Waals surface area contributed by atoms with Gasteiger partial charge in [0.1, 0.15) is 0 Å². The van der Waals surface area contributed by atoms with E-state index in [1.165, 1.54) is 27.1 Å². The van der Waals surface area contributed by atoms with E-state index in [4.69, 9.17) is 0 Å². The molecule has 0 fully saturated rings. The molecule has 0 radical (unpaired) electrons. The Morgan fingerprint density at radius 2 is 0.897 bits per heavy atom. The molecule has 140 valence electrons. The molecule has 0 amide bonds. The van der Waals surface area contributed by atoms with Crippen LogP contribution in [0.4, 0.5) is 17.1 Å². The second kappa shape index (κ2) is 7.69. The van der Waals surface area contributed by atoms with Crippen molar-refractivity contribution in [2.75, 3.05) is 10.6 Å². The third kappa shape index (κ3) is 3.41. The van der Waals surface area contributed by atoms with Gasteiger partial charge in [-0.05, 0) is 40.6 Å². The Balaban J connectivity index is 1.68. The Kier molecular flexibility index (Phi) is 4.59. The highest BCUT2D eigenvalue weighted by molar-refractivity contribution is 6.14. The first-order chi connectivity index (χ1) is 14.4. The minimum absolute atomic E-state index is 0.774. The van der Waals surface area contributed by atoms with E-state index in [-0.39, 0.29) is 0 Å². The van der Waals surface area contributed by atoms with Crippen molar-refractivity contribution >= 4 is 38.6 Å². The van der Waals surface area contributed by atoms with Crippen LogP contribution in [0.1, 0.15) is 5.56 Å². The van der Waals surface area contributed by atoms with E-state index in [0.717, 1.165) is 23.6 Å². The fourth-order valence-electron chi connectivity index (χ4n) is 3.96. The van der Waals surface area contributed by atoms with Gasteiger partial charge in [0.2, 0.25) is 0 Å². The van der Waals surface area contributed by atoms with Gasteiger partial charge in [0, 0.05) is 28.7 Å². The number of nitrogens with one attached hydrogen (secondary N) is 2. The molecule has 0 saturated heterocycles. The maximum Gasteiger partial charge on any atom is 0.0543 e. The minimum atomic E-state index is 0.774. The molecule has 5 aromatic rings. The average Bonchev–Trinajstić information content (AvgIpc) is 2.80. The van der Waals surface area contributed by atoms with E-state index in [1.54, 1.807) is 0 Å². The fourth-order valence-corrected chi connectivity index (χ4v) is 3.96. The molecule has 0 bridgehead atoms. The van der Waals surface area contributed by atoms with E-state index >= 15 is 0 Å². The Hall–Kier alpha value is -3.78. The Bertz CT molecular complexity index is 1200. The van der Waals surface area contributed by atoms with Crippen LogP contribution in [0.5, 0.6) is 0 Å². The number of anilines is 3. The molecule has 0 aliphatic carbocycles. The summed E-state index contributed by atoms with van der Waals surface area (Å²) in [4.78, 5) is 0. The van der Waals surface area contributed by atoms with Crippen molar-refractivity contribution in [1.29, 1.82) is 0 Å². The molecule has 0 unspecified atom stereocenters. The summed E-state index contributed by atoms with van der Waals surface area (Å²) in [6.45, 7) is 0.774. The first-order valence-electron chi connectivity index (χ1n) is 9.93. The number of benzene rings is 5. The largest absolute Gasteiger partial charge is 0.381 e. The standard InChI is InChI=1S/C27H22N2/c1-3-11-20(12-4-1)28-19-26-22-15-7-9-17-24(22)27(25-18-10-8-16-23(25)26)29-21-13-5-2-6-14-21/h1-18,28-29H,19H2. The molecule has 0 atom stereocenters. The van der Waals surface area contributed by atoms with Gasteiger partial charge < -0.3 is 10.6 Å². The first kappa shape index (κ1) is 17.3. The van der Waals surface area contributed by atoms with Crippen LogP contribution in [0.15, 0.2) is 109 Å². The monoisotopic (exact) mass is 374 g/mol. The number of hydrogen-bond donors (Lipinski definition) is 2. The fraction of sp³-hybridized carbons (Fsp3) is 0.0370. The van der Waals surface area contributed by atoms with Gasteiger partial charge in [-0.1, -0.05) is 84.9 Å². The molecule has 2 N–H and O–H groups in total. The van der Waals surface area contributed by atoms with E-state index in [2.05, 4.69) is 108 Å². The van der Waals surface area contributed by atoms with Crippen molar-refractivity contribution < 1.29 is 0 Å². The highest BCUT2D eigenvalue weighted by Gasteiger charge is 2.13. The van der Waals surface area contributed by atoms with Gasteiger partial charge in [-0.25, -0.2) is 0 Å². The summed E-state index contributed by atoms with van der Waals surface area (Å²) in [6.07, 6.45) is 0. The van der Waals surface area contributed by atoms with Gasteiger partial charge in [0.25, 0.3) is 0 Å². The van der Waals surface area contributed by atoms with E-state index < -0.39 is 0 Å². The first-order valence-corrected chi connectivity index (χ1v) is 9.93. The summed E-state index contributed by atoms with van der Waals surface area (Å²) in [7, 11) is 0. The lowest BCUT2D eigenvalue weighted by molar-refractivity contribution is 1.18. The summed E-state index contributed by atoms with van der Waals surface area (Å²) >= 11 is 0. The topological polar surface area (TPSA) is 24.1 Å². The van der Waals surface area contributed by atoms with Gasteiger partial charge in [0.05, 0.1) is 5.69 Å². The predicted octanol–water partition coefficient (Wildman–Crippen LogP) is 7.35. The van der Waals surface area contributed by atoms with Gasteiger partial charge in [-0.3, -0.25) is 0 Å². The summed E-state index contributed by atoms with van der Waals surface area (Å²) < 4.78 is 0. The molecule has 29 heavy (non-hydrogen) atoms. The van der Waals surface area contributed by atoms with Gasteiger partial charge in [0.15, 0.2) is 0 Å². The van der Waals surface area contributed by atoms with Crippen LogP contribution in [0.2, 0.25) is 0 Å². The van der Waals surface area contributed by atoms with Crippen molar-refractivity contribution in [2.24, 2.45) is 0 Å². The van der Waals surface area contributed by atoms with Crippen LogP contribution >= 0.6 is 0 Å². The lowest BCUT2D eigenvalue weighted by Gasteiger charge is -2.19. The molecule has 0 aromatic heterocycles. The maximum atomic E-state index is 3.67. The van der Waals surface area contributed by atoms with Crippen LogP contribution in [0.25, 0.3) is 21.5 Å².